The first-order valence-corrected chi connectivity index (χ1v) is 146. The molecule has 0 saturated carbocycles. The topological polar surface area (TPSA) is 162 Å². The van der Waals surface area contributed by atoms with Crippen LogP contribution in [0.25, 0.3) is 0 Å². The zero-order valence-electron chi connectivity index (χ0n) is 61.2. The molecule has 0 aliphatic carbocycles. The number of unbranched alkanes of at least 4 members (excludes halogenated alkanes) is 4. The molecule has 774 valence electrons. The number of carboxylic acids is 1. The van der Waals surface area contributed by atoms with Crippen LogP contribution in [-0.4, -0.2) is 50.1 Å². The summed E-state index contributed by atoms with van der Waals surface area (Å²) in [7, 11) is 151. The van der Waals surface area contributed by atoms with Crippen LogP contribution < -0.4 is 20.5 Å². The van der Waals surface area contributed by atoms with E-state index in [4.69, 9.17) is 65.1 Å². The van der Waals surface area contributed by atoms with Crippen molar-refractivity contribution in [2.45, 2.75) is 51.4 Å². The van der Waals surface area contributed by atoms with Gasteiger partial charge in [-0.2, -0.15) is 0 Å². The van der Waals surface area contributed by atoms with Crippen molar-refractivity contribution in [2.24, 2.45) is 0 Å². The van der Waals surface area contributed by atoms with Gasteiger partial charge in [0.1, 0.15) is 35.8 Å². The molecule has 134 heavy (non-hydrogen) atoms. The number of halogens is 2. The highest BCUT2D eigenvalue weighted by Crippen LogP contribution is 2.19. The van der Waals surface area contributed by atoms with E-state index < -0.39 is 5.97 Å². The Hall–Kier alpha value is 15.5. The summed E-state index contributed by atoms with van der Waals surface area (Å²) in [6.45, 7) is 1.29. The summed E-state index contributed by atoms with van der Waals surface area (Å²) in [5.74, 6) is 2.00. The van der Waals surface area contributed by atoms with Crippen LogP contribution in [0.4, 0.5) is 11.6 Å². The summed E-state index contributed by atoms with van der Waals surface area (Å²) in [6, 6.07) is 18.8. The Morgan fingerprint density at radius 2 is 0.493 bits per heavy atom. The summed E-state index contributed by atoms with van der Waals surface area (Å²) >= 11 is 26.0. The fourth-order valence-corrected chi connectivity index (χ4v) is 227. The van der Waals surface area contributed by atoms with Gasteiger partial charge in [-0.1, -0.05) is 44.0 Å². The molecule has 0 saturated heterocycles. The van der Waals surface area contributed by atoms with Crippen molar-refractivity contribution in [1.82, 2.24) is 19.9 Å². The number of nitrogens with two attached hydrogens (primary N) is 1. The second kappa shape index (κ2) is 134. The first-order valence-electron chi connectivity index (χ1n) is 28.9. The maximum absolute atomic E-state index is 11.7. The first kappa shape index (κ1) is 149. The summed E-state index contributed by atoms with van der Waals surface area (Å²) < 4.78 is 13.2. The number of aromatic nitrogens is 4. The Morgan fingerprint density at radius 3 is 0.664 bits per heavy atom. The molecule has 0 fully saturated rings. The maximum atomic E-state index is 11.7. The highest BCUT2D eigenvalue weighted by molar-refractivity contribution is 9.11. The van der Waals surface area contributed by atoms with E-state index in [1.54, 1.807) is 238 Å². The van der Waals surface area contributed by atoms with Crippen molar-refractivity contribution >= 4 is 855 Å². The number of benzene rings is 2. The monoisotopic (exact) mass is 3590 g/mol. The van der Waals surface area contributed by atoms with Crippen LogP contribution >= 0.6 is 31.9 Å². The van der Waals surface area contributed by atoms with Gasteiger partial charge in [0.25, 0.3) is 0 Å². The lowest BCUT2D eigenvalue weighted by atomic mass is 10.2. The average Bonchev–Trinajstić information content (AvgIpc) is 0.932. The van der Waals surface area contributed by atoms with Crippen molar-refractivity contribution in [3.63, 3.8) is 0 Å². The summed E-state index contributed by atoms with van der Waals surface area (Å²) in [4.78, 5) is 37.0. The molecule has 0 aliphatic heterocycles. The lowest BCUT2D eigenvalue weighted by Gasteiger charge is -2.06. The zero-order chi connectivity index (χ0) is 96.6. The number of hydrogen-bond acceptors (Lipinski definition) is 13. The molecule has 0 spiro atoms. The molecule has 0 unspecified atom stereocenters. The van der Waals surface area contributed by atoms with Gasteiger partial charge in [-0.15, -0.1) is 0 Å². The second-order valence-electron chi connectivity index (χ2n) is 15.2. The molecule has 0 radical (unpaired) electrons. The third-order valence-corrected chi connectivity index (χ3v) is 193. The van der Waals surface area contributed by atoms with Crippen LogP contribution in [0.1, 0.15) is 51.4 Å². The minimum absolute atomic E-state index is 0.0217. The Labute approximate surface area is 1050 Å². The Bertz CT molecular complexity index is 8640. The van der Waals surface area contributed by atoms with Crippen LogP contribution in [0.15, 0.2) is 94.7 Å². The number of anilines is 2. The molecule has 11 nitrogen and oxygen atoms in total. The van der Waals surface area contributed by atoms with Crippen LogP contribution in [0.5, 0.6) is 11.5 Å². The summed E-state index contributed by atoms with van der Waals surface area (Å²) in [5.41, 5.74) is 5.21. The normalized spacial score (nSPS) is 8.46. The van der Waals surface area contributed by atoms with E-state index in [0.29, 0.717) is 31.3 Å². The van der Waals surface area contributed by atoms with Gasteiger partial charge in [-0.3, -0.25) is 9.59 Å². The molecular formula is C32H38Br2N6O5S89. The third-order valence-electron chi connectivity index (χ3n) is 7.97. The highest BCUT2D eigenvalue weighted by Gasteiger charge is 2.03. The van der Waals surface area contributed by atoms with Gasteiger partial charge in [0.05, 0.1) is 13.2 Å². The predicted octanol–water partition coefficient (Wildman–Crippen LogP) is 7.14. The van der Waals surface area contributed by atoms with E-state index >= 15 is 0 Å². The van der Waals surface area contributed by atoms with Gasteiger partial charge in [0, 0.05) is 834 Å². The molecule has 1 amide bonds. The van der Waals surface area contributed by atoms with Crippen molar-refractivity contribution in [3.8, 4) is 11.5 Å². The number of aliphatic carboxylic acids is 1. The molecular weight excluding hydrogens is 3560 g/mol. The number of carboxylic acid groups (broad SMARTS) is 1. The van der Waals surface area contributed by atoms with Crippen LogP contribution in [0.3, 0.4) is 0 Å². The van der Waals surface area contributed by atoms with Crippen LogP contribution in [0.2, 0.25) is 0 Å². The lowest BCUT2D eigenvalue weighted by molar-refractivity contribution is -0.137. The van der Waals surface area contributed by atoms with Crippen molar-refractivity contribution in [1.29, 1.82) is 0 Å². The number of nitrogens with zero attached hydrogens (tertiary/aromatic N) is 4. The molecule has 0 bridgehead atoms. The number of nitrogen functional groups attached to an aromatic ring is 1. The molecule has 2 aromatic carbocycles. The number of hydrogen-bond donors (Lipinski definition) is 3. The van der Waals surface area contributed by atoms with Crippen LogP contribution in [-0.2, 0) is 809 Å². The minimum Gasteiger partial charge on any atom is -0.494 e. The third kappa shape index (κ3) is 129. The number of carbonyl (C=O) groups excluding carboxylic acids is 1. The molecule has 4 aromatic rings. The van der Waals surface area contributed by atoms with Gasteiger partial charge >= 0.3 is 5.97 Å². The van der Waals surface area contributed by atoms with Gasteiger partial charge in [0.15, 0.2) is 0 Å². The van der Waals surface area contributed by atoms with Crippen molar-refractivity contribution in [2.75, 3.05) is 24.3 Å². The maximum Gasteiger partial charge on any atom is 0.303 e. The molecule has 2 aromatic heterocycles. The lowest BCUT2D eigenvalue weighted by Crippen LogP contribution is -2.12. The molecule has 4 rings (SSSR count). The smallest absolute Gasteiger partial charge is 0.303 e. The number of amides is 1. The van der Waals surface area contributed by atoms with E-state index in [2.05, 4.69) is 57.1 Å². The quantitative estimate of drug-likeness (QED) is 0.103. The molecule has 4 N–H and O–H groups in total. The molecule has 0 aliphatic rings. The fourth-order valence-electron chi connectivity index (χ4n) is 4.40. The molecule has 0 atom stereocenters. The van der Waals surface area contributed by atoms with Gasteiger partial charge < -0.3 is 25.6 Å². The number of nitrogens with one attached hydrogen (secondary N) is 1. The number of carbonyl (C=O) groups is 2. The average molecular weight is 3600 g/mol. The van der Waals surface area contributed by atoms with E-state index in [0.717, 1.165) is 59.0 Å². The minimum atomic E-state index is -0.729. The fraction of sp³-hybridized carbons (Fsp3) is 0.312. The van der Waals surface area contributed by atoms with Crippen molar-refractivity contribution in [3.05, 3.63) is 94.7 Å². The molecule has 2 heterocycles. The predicted molar refractivity (Wildman–Crippen MR) is 836 cm³/mol. The van der Waals surface area contributed by atoms with E-state index in [-0.39, 0.29) is 12.3 Å². The Kier molecular flexibility index (Phi) is 149. The Morgan fingerprint density at radius 1 is 0.284 bits per heavy atom. The Balaban J connectivity index is 0.00000184. The first-order chi connectivity index (χ1) is 66.1. The number of rotatable bonds is 15. The standard InChI is InChI=1S/C16H18BrN3O2.C12H15BrO3.C4H5N3.S51.S38/c17-13-5-4-6-14(11-13)22-10-3-1-2-7-16(21)20-15-8-9-18-12-19-15;13-10-5-4-6-11(9-10)16-8-3-1-2-7-12(14)15;5-4-1-2-6-3-7-4;1-3-5-7-9-11-13-15-17-19-21-23-25-27-29-31-33-35-37-39-41-43-45-47-49-51-50-48-46-44-42-40-38-36-34-32-30-28-26-24-22-20-18-16-14-12-10-8-6-4-2;1-3-5-7-9-11-13-15-17-19-21-23-25-27-29-31-33-35-37-38-36-34-32-30-28-26-24-22-20-18-16-14-12-10-8-6-4-2/h4-6,8-9,11-12H,1-3,7,10H2,(H,18,19,20,21);4-6,9H,1-3,7-8H2,(H,14,15);1-3H,(H2,5,6,7);;. The second-order valence-corrected chi connectivity index (χ2v) is 167. The van der Waals surface area contributed by atoms with Gasteiger partial charge in [-0.25, -0.2) is 19.9 Å². The SMILES string of the molecule is Nc1ccncn1.O=C(CCCCCOc1cccc(Br)c1)Nc1ccncn1.O=C(O)CCCCCOc1cccc(Br)c1.S=S=S=S=S=S=S=S=S=S=S=S=S=S=S=S=S=S=S=S=S=S=S=S=S=S=S=S=S=S=S=S=S=S=S=S=S=S.S=S=S=S=S=S=S=S=S=S=S=S=S=S=S=S=S=S=S=S=S=S=S=S=S=S=S=S=S=S=S=S=S=S=S=S=S=S=S=S=S=S=S=S=S=S=S=S=S=S=S. The van der Waals surface area contributed by atoms with Gasteiger partial charge in [0.2, 0.25) is 5.91 Å². The van der Waals surface area contributed by atoms with Crippen LogP contribution in [0, 0.1) is 0 Å². The van der Waals surface area contributed by atoms with Gasteiger partial charge in [-0.05, 0) is 87.1 Å². The highest BCUT2D eigenvalue weighted by atomic mass is 79.9. The molecule has 102 heteroatoms. The number of ether oxygens (including phenoxy) is 2. The van der Waals surface area contributed by atoms with E-state index in [1.165, 1.54) is 48.2 Å². The van der Waals surface area contributed by atoms with E-state index in [9.17, 15) is 9.59 Å². The summed E-state index contributed by atoms with van der Waals surface area (Å²) in [5, 5.41) is 11.2. The summed E-state index contributed by atoms with van der Waals surface area (Å²) in [6.07, 6.45) is 12.0. The van der Waals surface area contributed by atoms with Crippen molar-refractivity contribution < 1.29 is 24.2 Å². The van der Waals surface area contributed by atoms with E-state index in [1.807, 2.05) is 555 Å². The zero-order valence-corrected chi connectivity index (χ0v) is 137. The largest absolute Gasteiger partial charge is 0.494 e.